The second-order valence-corrected chi connectivity index (χ2v) is 9.45. The van der Waals surface area contributed by atoms with Crippen LogP contribution in [0, 0.1) is 30.6 Å². The zero-order valence-corrected chi connectivity index (χ0v) is 26.2. The Hall–Kier alpha value is -4.82. The van der Waals surface area contributed by atoms with E-state index in [2.05, 4.69) is 39.3 Å². The third kappa shape index (κ3) is 13.6. The van der Waals surface area contributed by atoms with E-state index >= 15 is 0 Å². The van der Waals surface area contributed by atoms with Gasteiger partial charge in [-0.15, -0.1) is 24.7 Å². The molecule has 228 valence electrons. The third-order valence-corrected chi connectivity index (χ3v) is 6.15. The van der Waals surface area contributed by atoms with Crippen molar-refractivity contribution in [3.8, 4) is 35.8 Å². The number of carbonyl (C=O) groups is 2. The van der Waals surface area contributed by atoms with Crippen LogP contribution in [0.5, 0.6) is 0 Å². The van der Waals surface area contributed by atoms with Gasteiger partial charge < -0.3 is 16.0 Å². The zero-order chi connectivity index (χ0) is 32.0. The summed E-state index contributed by atoms with van der Waals surface area (Å²) in [6.45, 7) is 10.6. The van der Waals surface area contributed by atoms with Gasteiger partial charge in [0.1, 0.15) is 6.04 Å². The number of nitrogens with two attached hydrogens (primary N) is 1. The minimum Gasteiger partial charge on any atom is -0.368 e. The fourth-order valence-electron chi connectivity index (χ4n) is 3.65. The highest BCUT2D eigenvalue weighted by molar-refractivity contribution is 5.88. The lowest BCUT2D eigenvalue weighted by molar-refractivity contribution is -0.128. The van der Waals surface area contributed by atoms with Crippen molar-refractivity contribution in [3.05, 3.63) is 79.2 Å². The van der Waals surface area contributed by atoms with E-state index in [1.54, 1.807) is 6.20 Å². The molecule has 2 amide bonds. The molecule has 3 N–H and O–H groups in total. The molecule has 0 radical (unpaired) electrons. The molecule has 0 spiro atoms. The van der Waals surface area contributed by atoms with Gasteiger partial charge in [0.25, 0.3) is 0 Å². The molecule has 0 saturated heterocycles. The van der Waals surface area contributed by atoms with Gasteiger partial charge in [-0.25, -0.2) is 9.97 Å². The molecule has 1 aliphatic carbocycles. The summed E-state index contributed by atoms with van der Waals surface area (Å²) in [5.74, 6) is 5.12. The van der Waals surface area contributed by atoms with Crippen molar-refractivity contribution >= 4 is 17.6 Å². The molecular formula is C35H46N6O2. The van der Waals surface area contributed by atoms with Crippen molar-refractivity contribution in [2.45, 2.75) is 72.8 Å². The Morgan fingerprint density at radius 1 is 1.09 bits per heavy atom. The summed E-state index contributed by atoms with van der Waals surface area (Å²) in [7, 11) is 0. The van der Waals surface area contributed by atoms with Crippen molar-refractivity contribution < 1.29 is 9.59 Å². The van der Waals surface area contributed by atoms with Crippen LogP contribution >= 0.6 is 0 Å². The monoisotopic (exact) mass is 582 g/mol. The number of hydrogen-bond acceptors (Lipinski definition) is 5. The van der Waals surface area contributed by atoms with Gasteiger partial charge >= 0.3 is 0 Å². The molecule has 0 aliphatic heterocycles. The van der Waals surface area contributed by atoms with E-state index in [1.807, 2.05) is 99.1 Å². The molecule has 1 unspecified atom stereocenters. The van der Waals surface area contributed by atoms with Crippen LogP contribution in [-0.2, 0) is 9.59 Å². The molecule has 1 fully saturated rings. The SMILES string of the molecule is C#CCC.C#CCC.C/C=C\N(CC)/C(=C\C)CC(NC(=O)C1CC1)C(N)=O.c1ccc(-c2cnc3nccn3c2)cc1. The maximum atomic E-state index is 11.8. The van der Waals surface area contributed by atoms with Crippen LogP contribution in [0.3, 0.4) is 0 Å². The van der Waals surface area contributed by atoms with Crippen molar-refractivity contribution in [1.82, 2.24) is 24.6 Å². The maximum Gasteiger partial charge on any atom is 0.240 e. The Bertz CT molecular complexity index is 1380. The smallest absolute Gasteiger partial charge is 0.240 e. The predicted octanol–water partition coefficient (Wildman–Crippen LogP) is 5.97. The molecule has 4 rings (SSSR count). The standard InChI is InChI=1S/C15H25N3O2.C12H9N3.2C4H6/c1-4-9-18(6-3)12(5-2)10-13(14(16)19)17-15(20)11-7-8-11;1-2-4-10(5-3-1)11-8-14-12-13-6-7-15(12)9-11;2*1-3-4-2/h4-5,9,11,13H,6-8,10H2,1-3H3,(H2,16,19)(H,17,20);1-9H;2*1H,4H2,2H3/b9-4-,12-5-;;;. The van der Waals surface area contributed by atoms with Crippen molar-refractivity contribution in [2.24, 2.45) is 11.7 Å². The van der Waals surface area contributed by atoms with Crippen molar-refractivity contribution in [2.75, 3.05) is 6.54 Å². The van der Waals surface area contributed by atoms with Gasteiger partial charge in [0, 0.05) is 67.8 Å². The zero-order valence-electron chi connectivity index (χ0n) is 26.2. The van der Waals surface area contributed by atoms with Gasteiger partial charge in [-0.1, -0.05) is 56.3 Å². The first-order valence-corrected chi connectivity index (χ1v) is 14.6. The highest BCUT2D eigenvalue weighted by Crippen LogP contribution is 2.29. The van der Waals surface area contributed by atoms with Gasteiger partial charge in [-0.05, 0) is 45.4 Å². The van der Waals surface area contributed by atoms with E-state index in [0.29, 0.717) is 6.42 Å². The van der Waals surface area contributed by atoms with Gasteiger partial charge in [0.2, 0.25) is 17.6 Å². The van der Waals surface area contributed by atoms with Crippen LogP contribution in [0.1, 0.15) is 66.7 Å². The number of primary amides is 1. The summed E-state index contributed by atoms with van der Waals surface area (Å²) in [6, 6.07) is 9.54. The van der Waals surface area contributed by atoms with E-state index in [0.717, 1.165) is 49.3 Å². The van der Waals surface area contributed by atoms with Crippen LogP contribution in [0.2, 0.25) is 0 Å². The van der Waals surface area contributed by atoms with E-state index in [9.17, 15) is 9.59 Å². The van der Waals surface area contributed by atoms with Gasteiger partial charge in [-0.3, -0.25) is 14.0 Å². The molecule has 1 aliphatic rings. The number of nitrogens with zero attached hydrogens (tertiary/aromatic N) is 4. The molecule has 8 heteroatoms. The topological polar surface area (TPSA) is 106 Å². The van der Waals surface area contributed by atoms with E-state index in [-0.39, 0.29) is 11.8 Å². The number of carbonyl (C=O) groups excluding carboxylic acids is 2. The number of terminal acetylenes is 2. The molecule has 1 aromatic carbocycles. The number of benzene rings is 1. The fraction of sp³-hybridized carbons (Fsp3) is 0.371. The summed E-state index contributed by atoms with van der Waals surface area (Å²) in [5, 5.41) is 2.76. The summed E-state index contributed by atoms with van der Waals surface area (Å²) in [6.07, 6.45) is 26.9. The Morgan fingerprint density at radius 3 is 2.21 bits per heavy atom. The minimum absolute atomic E-state index is 0.0571. The number of amides is 2. The van der Waals surface area contributed by atoms with Crippen molar-refractivity contribution in [3.63, 3.8) is 0 Å². The maximum absolute atomic E-state index is 11.8. The largest absolute Gasteiger partial charge is 0.368 e. The predicted molar refractivity (Wildman–Crippen MR) is 176 cm³/mol. The average molecular weight is 583 g/mol. The number of hydrogen-bond donors (Lipinski definition) is 2. The molecule has 43 heavy (non-hydrogen) atoms. The summed E-state index contributed by atoms with van der Waals surface area (Å²) in [5.41, 5.74) is 8.65. The quantitative estimate of drug-likeness (QED) is 0.302. The van der Waals surface area contributed by atoms with E-state index in [4.69, 9.17) is 18.6 Å². The second kappa shape index (κ2) is 21.0. The van der Waals surface area contributed by atoms with Crippen LogP contribution in [0.4, 0.5) is 0 Å². The number of fused-ring (bicyclic) bond motifs is 1. The number of nitrogens with one attached hydrogen (secondary N) is 1. The molecule has 3 aromatic rings. The average Bonchev–Trinajstić information content (AvgIpc) is 3.80. The van der Waals surface area contributed by atoms with E-state index in [1.165, 1.54) is 5.56 Å². The molecule has 1 saturated carbocycles. The first-order valence-electron chi connectivity index (χ1n) is 14.6. The number of aromatic nitrogens is 3. The molecule has 2 aromatic heterocycles. The molecule has 8 nitrogen and oxygen atoms in total. The van der Waals surface area contributed by atoms with Gasteiger partial charge in [0.15, 0.2) is 0 Å². The molecular weight excluding hydrogens is 536 g/mol. The minimum atomic E-state index is -0.645. The molecule has 0 bridgehead atoms. The summed E-state index contributed by atoms with van der Waals surface area (Å²) < 4.78 is 1.92. The Labute approximate surface area is 257 Å². The Balaban J connectivity index is 0.000000351. The molecule has 2 heterocycles. The summed E-state index contributed by atoms with van der Waals surface area (Å²) in [4.78, 5) is 33.7. The van der Waals surface area contributed by atoms with Gasteiger partial charge in [0.05, 0.1) is 0 Å². The highest BCUT2D eigenvalue weighted by atomic mass is 16.2. The lowest BCUT2D eigenvalue weighted by Crippen LogP contribution is -2.46. The van der Waals surface area contributed by atoms with Crippen molar-refractivity contribution in [1.29, 1.82) is 0 Å². The van der Waals surface area contributed by atoms with Gasteiger partial charge in [-0.2, -0.15) is 0 Å². The lowest BCUT2D eigenvalue weighted by Gasteiger charge is -2.25. The second-order valence-electron chi connectivity index (χ2n) is 9.45. The first-order chi connectivity index (χ1) is 20.8. The number of allylic oxidation sites excluding steroid dienone is 2. The van der Waals surface area contributed by atoms with Crippen LogP contribution in [0.15, 0.2) is 79.2 Å². The third-order valence-electron chi connectivity index (χ3n) is 6.15. The fourth-order valence-corrected chi connectivity index (χ4v) is 3.65. The summed E-state index contributed by atoms with van der Waals surface area (Å²) >= 11 is 0. The Kier molecular flexibility index (Phi) is 17.7. The number of imidazole rings is 1. The van der Waals surface area contributed by atoms with Crippen LogP contribution in [-0.4, -0.2) is 43.7 Å². The van der Waals surface area contributed by atoms with Crippen LogP contribution in [0.25, 0.3) is 16.9 Å². The highest BCUT2D eigenvalue weighted by Gasteiger charge is 2.32. The van der Waals surface area contributed by atoms with E-state index < -0.39 is 11.9 Å². The lowest BCUT2D eigenvalue weighted by atomic mass is 10.1. The van der Waals surface area contributed by atoms with Crippen LogP contribution < -0.4 is 11.1 Å². The number of rotatable bonds is 9. The molecule has 1 atom stereocenters. The first kappa shape index (κ1) is 36.2. The Morgan fingerprint density at radius 2 is 1.72 bits per heavy atom. The normalized spacial score (nSPS) is 12.6.